The van der Waals surface area contributed by atoms with Crippen LogP contribution in [-0.4, -0.2) is 20.4 Å². The smallest absolute Gasteiger partial charge is 0.230 e. The fraction of sp³-hybridized carbons (Fsp3) is 0.240. The zero-order chi connectivity index (χ0) is 22.1. The van der Waals surface area contributed by atoms with Gasteiger partial charge in [0.1, 0.15) is 0 Å². The number of aryl methyl sites for hydroxylation is 1. The molecule has 0 atom stereocenters. The Bertz CT molecular complexity index is 1240. The fourth-order valence-electron chi connectivity index (χ4n) is 3.76. The van der Waals surface area contributed by atoms with E-state index in [-0.39, 0.29) is 5.91 Å². The van der Waals surface area contributed by atoms with Crippen molar-refractivity contribution in [3.63, 3.8) is 0 Å². The summed E-state index contributed by atoms with van der Waals surface area (Å²) in [6.45, 7) is 3.60. The Morgan fingerprint density at radius 2 is 2.00 bits per heavy atom. The molecule has 5 nitrogen and oxygen atoms in total. The molecule has 0 bridgehead atoms. The molecular weight excluding hydrogens is 436 g/mol. The van der Waals surface area contributed by atoms with Crippen LogP contribution in [-0.2, 0) is 10.5 Å². The molecule has 1 saturated carbocycles. The minimum atomic E-state index is -0.0408. The second-order valence-electron chi connectivity index (χ2n) is 8.00. The van der Waals surface area contributed by atoms with Crippen LogP contribution >= 0.6 is 23.1 Å². The summed E-state index contributed by atoms with van der Waals surface area (Å²) in [5.41, 5.74) is 5.30. The minimum absolute atomic E-state index is 0.0408. The first-order valence-electron chi connectivity index (χ1n) is 10.7. The van der Waals surface area contributed by atoms with Gasteiger partial charge < -0.3 is 4.57 Å². The molecule has 0 N–H and O–H groups in total. The van der Waals surface area contributed by atoms with Gasteiger partial charge in [0.2, 0.25) is 5.91 Å². The maximum atomic E-state index is 12.4. The summed E-state index contributed by atoms with van der Waals surface area (Å²) >= 11 is 3.21. The lowest BCUT2D eigenvalue weighted by Crippen LogP contribution is -2.22. The van der Waals surface area contributed by atoms with E-state index in [4.69, 9.17) is 9.97 Å². The Morgan fingerprint density at radius 1 is 1.19 bits per heavy atom. The maximum absolute atomic E-state index is 12.4. The van der Waals surface area contributed by atoms with E-state index in [9.17, 15) is 4.79 Å². The number of thiazole rings is 1. The van der Waals surface area contributed by atoms with Crippen LogP contribution in [0.25, 0.3) is 11.3 Å². The number of aromatic nitrogens is 3. The second kappa shape index (κ2) is 8.92. The maximum Gasteiger partial charge on any atom is 0.230 e. The molecule has 0 saturated heterocycles. The fourth-order valence-corrected chi connectivity index (χ4v) is 5.69. The largest absolute Gasteiger partial charge is 0.316 e. The zero-order valence-corrected chi connectivity index (χ0v) is 19.7. The van der Waals surface area contributed by atoms with Crippen molar-refractivity contribution in [1.29, 1.82) is 0 Å². The summed E-state index contributed by atoms with van der Waals surface area (Å²) in [6.07, 6.45) is 4.39. The van der Waals surface area contributed by atoms with Crippen molar-refractivity contribution in [2.24, 2.45) is 0 Å². The standard InChI is InChI=1S/C25H24N4OS2/c1-17-7-6-10-22(13-17)28(18(2)30)25-27-20(16-32-25)15-31-24-26-14-23(29(24)21-11-12-21)19-8-4-3-5-9-19/h3-10,13-14,16,21H,11-12,15H2,1-2H3. The number of carbonyl (C=O) groups excluding carboxylic acids is 1. The first-order valence-corrected chi connectivity index (χ1v) is 12.5. The van der Waals surface area contributed by atoms with Crippen LogP contribution in [0.2, 0.25) is 0 Å². The summed E-state index contributed by atoms with van der Waals surface area (Å²) in [7, 11) is 0. The summed E-state index contributed by atoms with van der Waals surface area (Å²) < 4.78 is 2.38. The molecule has 1 aliphatic rings. The molecule has 1 fully saturated rings. The molecule has 0 radical (unpaired) electrons. The van der Waals surface area contributed by atoms with Crippen LogP contribution in [0.4, 0.5) is 10.8 Å². The number of amides is 1. The number of anilines is 2. The van der Waals surface area contributed by atoms with Gasteiger partial charge in [-0.25, -0.2) is 9.97 Å². The number of benzene rings is 2. The van der Waals surface area contributed by atoms with E-state index in [1.807, 2.05) is 48.8 Å². The van der Waals surface area contributed by atoms with Crippen molar-refractivity contribution in [1.82, 2.24) is 14.5 Å². The highest BCUT2D eigenvalue weighted by Crippen LogP contribution is 2.42. The average Bonchev–Trinajstić information content (AvgIpc) is 3.37. The zero-order valence-electron chi connectivity index (χ0n) is 18.1. The number of hydrogen-bond donors (Lipinski definition) is 0. The second-order valence-corrected chi connectivity index (χ2v) is 9.78. The average molecular weight is 461 g/mol. The molecule has 2 aromatic heterocycles. The summed E-state index contributed by atoms with van der Waals surface area (Å²) in [4.78, 5) is 23.6. The van der Waals surface area contributed by atoms with E-state index < -0.39 is 0 Å². The van der Waals surface area contributed by atoms with Crippen LogP contribution in [0.1, 0.15) is 37.1 Å². The van der Waals surface area contributed by atoms with Crippen LogP contribution < -0.4 is 4.90 Å². The lowest BCUT2D eigenvalue weighted by atomic mass is 10.2. The quantitative estimate of drug-likeness (QED) is 0.291. The van der Waals surface area contributed by atoms with Crippen molar-refractivity contribution >= 4 is 39.8 Å². The van der Waals surface area contributed by atoms with Crippen molar-refractivity contribution in [2.45, 2.75) is 43.6 Å². The highest BCUT2D eigenvalue weighted by molar-refractivity contribution is 7.98. The molecular formula is C25H24N4OS2. The third kappa shape index (κ3) is 4.36. The Hall–Kier alpha value is -2.90. The van der Waals surface area contributed by atoms with Crippen molar-refractivity contribution in [2.75, 3.05) is 4.90 Å². The highest BCUT2D eigenvalue weighted by atomic mass is 32.2. The minimum Gasteiger partial charge on any atom is -0.316 e. The van der Waals surface area contributed by atoms with E-state index in [1.165, 1.54) is 35.4 Å². The molecule has 32 heavy (non-hydrogen) atoms. The molecule has 5 rings (SSSR count). The van der Waals surface area contributed by atoms with Gasteiger partial charge in [-0.3, -0.25) is 9.69 Å². The summed E-state index contributed by atoms with van der Waals surface area (Å²) in [5, 5.41) is 3.77. The van der Waals surface area contributed by atoms with Gasteiger partial charge in [-0.2, -0.15) is 0 Å². The summed E-state index contributed by atoms with van der Waals surface area (Å²) in [6, 6.07) is 18.9. The lowest BCUT2D eigenvalue weighted by Gasteiger charge is -2.18. The topological polar surface area (TPSA) is 51.0 Å². The van der Waals surface area contributed by atoms with Gasteiger partial charge in [0.05, 0.1) is 23.3 Å². The highest BCUT2D eigenvalue weighted by Gasteiger charge is 2.29. The van der Waals surface area contributed by atoms with Gasteiger partial charge in [0.15, 0.2) is 10.3 Å². The molecule has 0 unspecified atom stereocenters. The van der Waals surface area contributed by atoms with E-state index in [0.717, 1.165) is 22.1 Å². The first kappa shape index (κ1) is 21.0. The molecule has 0 aliphatic heterocycles. The van der Waals surface area contributed by atoms with Gasteiger partial charge >= 0.3 is 0 Å². The van der Waals surface area contributed by atoms with Gasteiger partial charge in [-0.1, -0.05) is 54.2 Å². The molecule has 162 valence electrons. The molecule has 1 amide bonds. The van der Waals surface area contributed by atoms with Crippen LogP contribution in [0.5, 0.6) is 0 Å². The molecule has 2 aromatic carbocycles. The number of hydrogen-bond acceptors (Lipinski definition) is 5. The Labute approximate surface area is 196 Å². The van der Waals surface area contributed by atoms with Gasteiger partial charge in [0.25, 0.3) is 0 Å². The van der Waals surface area contributed by atoms with Crippen molar-refractivity contribution in [3.8, 4) is 11.3 Å². The number of nitrogens with zero attached hydrogens (tertiary/aromatic N) is 4. The number of imidazole rings is 1. The third-order valence-electron chi connectivity index (χ3n) is 5.40. The van der Waals surface area contributed by atoms with Crippen molar-refractivity contribution < 1.29 is 4.79 Å². The summed E-state index contributed by atoms with van der Waals surface area (Å²) in [5.74, 6) is 0.675. The Kier molecular flexibility index (Phi) is 5.85. The van der Waals surface area contributed by atoms with E-state index >= 15 is 0 Å². The first-order chi connectivity index (χ1) is 15.6. The lowest BCUT2D eigenvalue weighted by molar-refractivity contribution is -0.115. The van der Waals surface area contributed by atoms with Gasteiger partial charge in [-0.05, 0) is 43.0 Å². The molecule has 0 spiro atoms. The molecule has 1 aliphatic carbocycles. The number of carbonyl (C=O) groups is 1. The van der Waals surface area contributed by atoms with Crippen LogP contribution in [0.3, 0.4) is 0 Å². The van der Waals surface area contributed by atoms with Crippen LogP contribution in [0.15, 0.2) is 71.3 Å². The number of rotatable bonds is 7. The normalized spacial score (nSPS) is 13.3. The van der Waals surface area contributed by atoms with Crippen molar-refractivity contribution in [3.05, 3.63) is 77.4 Å². The Morgan fingerprint density at radius 3 is 2.72 bits per heavy atom. The predicted molar refractivity (Wildman–Crippen MR) is 132 cm³/mol. The van der Waals surface area contributed by atoms with E-state index in [0.29, 0.717) is 16.9 Å². The van der Waals surface area contributed by atoms with Crippen LogP contribution in [0, 0.1) is 6.92 Å². The molecule has 7 heteroatoms. The Balaban J connectivity index is 1.36. The monoisotopic (exact) mass is 460 g/mol. The third-order valence-corrected chi connectivity index (χ3v) is 7.27. The SMILES string of the molecule is CC(=O)N(c1cccc(C)c1)c1nc(CSc2ncc(-c3ccccc3)n2C2CC2)cs1. The van der Waals surface area contributed by atoms with E-state index in [2.05, 4.69) is 28.8 Å². The van der Waals surface area contributed by atoms with Gasteiger partial charge in [-0.15, -0.1) is 11.3 Å². The van der Waals surface area contributed by atoms with Gasteiger partial charge in [0, 0.05) is 24.1 Å². The molecule has 4 aromatic rings. The predicted octanol–water partition coefficient (Wildman–Crippen LogP) is 6.63. The molecule has 2 heterocycles. The number of thioether (sulfide) groups is 1. The van der Waals surface area contributed by atoms with E-state index in [1.54, 1.807) is 23.6 Å².